The number of hydrogen-bond acceptors (Lipinski definition) is 1. The second kappa shape index (κ2) is 12.9. The average molecular weight is 704 g/mol. The third-order valence-corrected chi connectivity index (χ3v) is 14.0. The summed E-state index contributed by atoms with van der Waals surface area (Å²) in [5.74, 6) is 1.41. The summed E-state index contributed by atoms with van der Waals surface area (Å²) >= 11 is 0. The molecule has 4 aliphatic carbocycles. The summed E-state index contributed by atoms with van der Waals surface area (Å²) in [7, 11) is 0. The van der Waals surface area contributed by atoms with Crippen molar-refractivity contribution in [3.05, 3.63) is 161 Å². The van der Waals surface area contributed by atoms with E-state index in [1.54, 1.807) is 0 Å². The Morgan fingerprint density at radius 2 is 0.796 bits per heavy atom. The molecule has 0 aliphatic heterocycles. The van der Waals surface area contributed by atoms with Gasteiger partial charge in [-0.05, 0) is 141 Å². The van der Waals surface area contributed by atoms with Crippen molar-refractivity contribution in [2.45, 2.75) is 108 Å². The van der Waals surface area contributed by atoms with Crippen LogP contribution in [-0.2, 0) is 10.8 Å². The number of hydrogen-bond donors (Lipinski definition) is 0. The van der Waals surface area contributed by atoms with Crippen molar-refractivity contribution in [1.82, 2.24) is 0 Å². The molecule has 0 bridgehead atoms. The number of fused-ring (bicyclic) bond motifs is 6. The zero-order valence-corrected chi connectivity index (χ0v) is 32.6. The summed E-state index contributed by atoms with van der Waals surface area (Å²) < 4.78 is 0. The summed E-state index contributed by atoms with van der Waals surface area (Å²) in [6, 6.07) is 49.5. The molecule has 54 heavy (non-hydrogen) atoms. The third kappa shape index (κ3) is 5.25. The smallest absolute Gasteiger partial charge is 0.0465 e. The van der Waals surface area contributed by atoms with Crippen molar-refractivity contribution in [1.29, 1.82) is 0 Å². The van der Waals surface area contributed by atoms with Gasteiger partial charge < -0.3 is 4.90 Å². The molecule has 270 valence electrons. The van der Waals surface area contributed by atoms with E-state index in [-0.39, 0.29) is 10.8 Å². The summed E-state index contributed by atoms with van der Waals surface area (Å²) in [5.41, 5.74) is 20.4. The summed E-state index contributed by atoms with van der Waals surface area (Å²) in [6.45, 7) is 9.72. The van der Waals surface area contributed by atoms with Crippen LogP contribution >= 0.6 is 0 Å². The molecular weight excluding hydrogens is 651 g/mol. The number of benzene rings is 6. The van der Waals surface area contributed by atoms with Gasteiger partial charge >= 0.3 is 0 Å². The maximum atomic E-state index is 2.51. The Morgan fingerprint density at radius 3 is 1.33 bits per heavy atom. The second-order valence-electron chi connectivity index (χ2n) is 17.8. The zero-order chi connectivity index (χ0) is 36.6. The first-order chi connectivity index (χ1) is 26.3. The van der Waals surface area contributed by atoms with Crippen LogP contribution in [0.1, 0.15) is 131 Å². The quantitative estimate of drug-likeness (QED) is 0.167. The van der Waals surface area contributed by atoms with E-state index < -0.39 is 0 Å². The van der Waals surface area contributed by atoms with Crippen molar-refractivity contribution in [3.63, 3.8) is 0 Å². The first kappa shape index (κ1) is 33.7. The van der Waals surface area contributed by atoms with E-state index in [1.165, 1.54) is 142 Å². The average Bonchev–Trinajstić information content (AvgIpc) is 3.90. The second-order valence-corrected chi connectivity index (χ2v) is 17.8. The van der Waals surface area contributed by atoms with Gasteiger partial charge in [0.15, 0.2) is 0 Å². The predicted molar refractivity (Wildman–Crippen MR) is 229 cm³/mol. The van der Waals surface area contributed by atoms with E-state index in [9.17, 15) is 0 Å². The lowest BCUT2D eigenvalue weighted by molar-refractivity contribution is 0.443. The SMILES string of the molecule is CC1(C)c2ccccc2-c2cccc(-c3cccc4c3C(C)(C)c3cc(N(c5ccc(C6CCCCC6)cc5)c5ccc(C6CCCC6)cc5)ccc3-4)c21. The number of rotatable bonds is 6. The minimum atomic E-state index is -0.182. The Balaban J connectivity index is 1.07. The highest BCUT2D eigenvalue weighted by atomic mass is 15.1. The van der Waals surface area contributed by atoms with Gasteiger partial charge in [-0.3, -0.25) is 0 Å². The number of anilines is 3. The molecule has 0 aromatic heterocycles. The standard InChI is InChI=1S/C53H53N/c1-52(2)48-23-11-10-18-42(48)44-19-12-21-46(50(44)52)47-22-13-20-45-43-33-32-41(34-49(43)53(3,4)51(45)47)54(40-30-26-38(27-31-40)36-16-8-9-17-36)39-28-24-37(25-29-39)35-14-6-5-7-15-35/h10-13,18-36H,5-9,14-17H2,1-4H3. The van der Waals surface area contributed by atoms with E-state index in [0.29, 0.717) is 11.8 Å². The molecule has 0 atom stereocenters. The fourth-order valence-electron chi connectivity index (χ4n) is 11.2. The van der Waals surface area contributed by atoms with E-state index in [1.807, 2.05) is 0 Å². The van der Waals surface area contributed by atoms with Gasteiger partial charge in [0.05, 0.1) is 0 Å². The molecule has 0 N–H and O–H groups in total. The Bertz CT molecular complexity index is 2360. The number of nitrogens with zero attached hydrogens (tertiary/aromatic N) is 1. The normalized spacial score (nSPS) is 18.2. The minimum absolute atomic E-state index is 0.0750. The van der Waals surface area contributed by atoms with Gasteiger partial charge in [-0.25, -0.2) is 0 Å². The van der Waals surface area contributed by atoms with Crippen LogP contribution in [0.25, 0.3) is 33.4 Å². The molecule has 0 unspecified atom stereocenters. The molecule has 6 aromatic carbocycles. The highest BCUT2D eigenvalue weighted by Gasteiger charge is 2.41. The fraction of sp³-hybridized carbons (Fsp3) is 0.321. The molecule has 0 amide bonds. The van der Waals surface area contributed by atoms with Crippen molar-refractivity contribution in [2.24, 2.45) is 0 Å². The van der Waals surface area contributed by atoms with Gasteiger partial charge in [-0.15, -0.1) is 0 Å². The zero-order valence-electron chi connectivity index (χ0n) is 32.6. The topological polar surface area (TPSA) is 3.24 Å². The Hall–Kier alpha value is -4.88. The van der Waals surface area contributed by atoms with Crippen LogP contribution in [0.3, 0.4) is 0 Å². The van der Waals surface area contributed by atoms with Crippen LogP contribution in [0, 0.1) is 0 Å². The molecule has 0 radical (unpaired) electrons. The van der Waals surface area contributed by atoms with Crippen LogP contribution in [-0.4, -0.2) is 0 Å². The Kier molecular flexibility index (Phi) is 8.02. The van der Waals surface area contributed by atoms with Crippen LogP contribution in [0.5, 0.6) is 0 Å². The largest absolute Gasteiger partial charge is 0.310 e. The van der Waals surface area contributed by atoms with Gasteiger partial charge in [0.2, 0.25) is 0 Å². The lowest BCUT2D eigenvalue weighted by Gasteiger charge is -2.30. The van der Waals surface area contributed by atoms with Gasteiger partial charge in [-0.2, -0.15) is 0 Å². The molecule has 6 aromatic rings. The first-order valence-electron chi connectivity index (χ1n) is 20.8. The fourth-order valence-corrected chi connectivity index (χ4v) is 11.2. The van der Waals surface area contributed by atoms with Crippen molar-refractivity contribution in [2.75, 3.05) is 4.90 Å². The highest BCUT2D eigenvalue weighted by molar-refractivity contribution is 5.94. The molecule has 2 saturated carbocycles. The third-order valence-electron chi connectivity index (χ3n) is 14.0. The molecule has 1 nitrogen and oxygen atoms in total. The molecule has 0 saturated heterocycles. The van der Waals surface area contributed by atoms with Gasteiger partial charge in [0.1, 0.15) is 0 Å². The van der Waals surface area contributed by atoms with Gasteiger partial charge in [-0.1, -0.05) is 151 Å². The molecule has 10 rings (SSSR count). The molecule has 1 heteroatoms. The van der Waals surface area contributed by atoms with Crippen LogP contribution in [0.4, 0.5) is 17.1 Å². The predicted octanol–water partition coefficient (Wildman–Crippen LogP) is 15.1. The monoisotopic (exact) mass is 703 g/mol. The summed E-state index contributed by atoms with van der Waals surface area (Å²) in [4.78, 5) is 2.51. The molecule has 4 aliphatic rings. The van der Waals surface area contributed by atoms with Gasteiger partial charge in [0.25, 0.3) is 0 Å². The van der Waals surface area contributed by atoms with Gasteiger partial charge in [0, 0.05) is 27.9 Å². The first-order valence-corrected chi connectivity index (χ1v) is 20.8. The maximum absolute atomic E-state index is 2.51. The highest BCUT2D eigenvalue weighted by Crippen LogP contribution is 2.57. The maximum Gasteiger partial charge on any atom is 0.0465 e. The Labute approximate surface area is 323 Å². The van der Waals surface area contributed by atoms with Crippen LogP contribution < -0.4 is 4.90 Å². The van der Waals surface area contributed by atoms with E-state index in [4.69, 9.17) is 0 Å². The van der Waals surface area contributed by atoms with Crippen molar-refractivity contribution >= 4 is 17.1 Å². The molecule has 2 fully saturated rings. The van der Waals surface area contributed by atoms with E-state index in [2.05, 4.69) is 160 Å². The molecule has 0 spiro atoms. The van der Waals surface area contributed by atoms with Crippen LogP contribution in [0.2, 0.25) is 0 Å². The lowest BCUT2D eigenvalue weighted by atomic mass is 9.74. The molecule has 0 heterocycles. The summed E-state index contributed by atoms with van der Waals surface area (Å²) in [5, 5.41) is 0. The molecular formula is C53H53N. The van der Waals surface area contributed by atoms with E-state index >= 15 is 0 Å². The summed E-state index contributed by atoms with van der Waals surface area (Å²) in [6.07, 6.45) is 12.1. The van der Waals surface area contributed by atoms with Crippen LogP contribution in [0.15, 0.2) is 127 Å². The Morgan fingerprint density at radius 1 is 0.389 bits per heavy atom. The van der Waals surface area contributed by atoms with Crippen molar-refractivity contribution < 1.29 is 0 Å². The lowest BCUT2D eigenvalue weighted by Crippen LogP contribution is -2.19. The van der Waals surface area contributed by atoms with E-state index in [0.717, 1.165) is 0 Å². The minimum Gasteiger partial charge on any atom is -0.310 e. The van der Waals surface area contributed by atoms with Crippen molar-refractivity contribution in [3.8, 4) is 33.4 Å².